The van der Waals surface area contributed by atoms with E-state index in [4.69, 9.17) is 0 Å². The lowest BCUT2D eigenvalue weighted by atomic mass is 10.0. The van der Waals surface area contributed by atoms with E-state index in [1.165, 1.54) is 22.5 Å². The third-order valence-corrected chi connectivity index (χ3v) is 4.58. The van der Waals surface area contributed by atoms with E-state index in [1.54, 1.807) is 5.56 Å². The minimum Gasteiger partial charge on any atom is -0.366 e. The van der Waals surface area contributed by atoms with E-state index in [-0.39, 0.29) is 0 Å². The van der Waals surface area contributed by atoms with Crippen LogP contribution < -0.4 is 10.2 Å². The molecule has 0 fully saturated rings. The lowest BCUT2D eigenvalue weighted by molar-refractivity contribution is 0.726. The van der Waals surface area contributed by atoms with Gasteiger partial charge in [0.05, 0.1) is 6.54 Å². The highest BCUT2D eigenvalue weighted by Crippen LogP contribution is 2.30. The van der Waals surface area contributed by atoms with E-state index in [2.05, 4.69) is 45.9 Å². The van der Waals surface area contributed by atoms with Crippen molar-refractivity contribution >= 4 is 17.0 Å². The first-order valence-corrected chi connectivity index (χ1v) is 7.29. The summed E-state index contributed by atoms with van der Waals surface area (Å²) in [6.45, 7) is 3.19. The van der Waals surface area contributed by atoms with Crippen molar-refractivity contribution in [3.63, 3.8) is 0 Å². The van der Waals surface area contributed by atoms with Crippen molar-refractivity contribution in [2.45, 2.75) is 19.5 Å². The fraction of sp³-hybridized carbons (Fsp3) is 0.333. The number of hydrogen-bond acceptors (Lipinski definition) is 3. The molecule has 1 aromatic heterocycles. The number of rotatable bonds is 3. The summed E-state index contributed by atoms with van der Waals surface area (Å²) >= 11 is 1.91. The van der Waals surface area contributed by atoms with Crippen LogP contribution in [-0.2, 0) is 19.5 Å². The Hall–Kier alpha value is -1.32. The molecule has 3 heteroatoms. The molecule has 2 aromatic rings. The van der Waals surface area contributed by atoms with Crippen LogP contribution in [0.3, 0.4) is 0 Å². The summed E-state index contributed by atoms with van der Waals surface area (Å²) in [5, 5.41) is 5.57. The summed E-state index contributed by atoms with van der Waals surface area (Å²) in [5.74, 6) is 0. The maximum absolute atomic E-state index is 3.26. The van der Waals surface area contributed by atoms with Gasteiger partial charge in [-0.05, 0) is 42.1 Å². The average molecular weight is 258 g/mol. The highest BCUT2D eigenvalue weighted by molar-refractivity contribution is 7.10. The zero-order chi connectivity index (χ0) is 12.4. The quantitative estimate of drug-likeness (QED) is 0.910. The number of para-hydroxylation sites is 1. The highest BCUT2D eigenvalue weighted by Gasteiger charge is 2.20. The monoisotopic (exact) mass is 258 g/mol. The summed E-state index contributed by atoms with van der Waals surface area (Å²) in [5.41, 5.74) is 4.42. The highest BCUT2D eigenvalue weighted by atomic mass is 32.1. The van der Waals surface area contributed by atoms with Crippen LogP contribution in [0.1, 0.15) is 16.0 Å². The number of thiophene rings is 1. The van der Waals surface area contributed by atoms with Gasteiger partial charge in [0.15, 0.2) is 0 Å². The Morgan fingerprint density at radius 1 is 1.28 bits per heavy atom. The van der Waals surface area contributed by atoms with Crippen LogP contribution in [0.25, 0.3) is 0 Å². The molecule has 3 rings (SSSR count). The van der Waals surface area contributed by atoms with Gasteiger partial charge in [-0.3, -0.25) is 0 Å². The van der Waals surface area contributed by atoms with Crippen molar-refractivity contribution in [1.29, 1.82) is 0 Å². The molecular weight excluding hydrogens is 240 g/mol. The second-order valence-electron chi connectivity index (χ2n) is 4.70. The molecule has 0 spiro atoms. The third kappa shape index (κ3) is 2.16. The van der Waals surface area contributed by atoms with Gasteiger partial charge in [-0.1, -0.05) is 18.2 Å². The first-order valence-electron chi connectivity index (χ1n) is 6.41. The standard InChI is InChI=1S/C15H18N2S/c1-16-9-12-11-18-15-10-17(8-7-14(12)15)13-5-3-2-4-6-13/h2-6,11,16H,7-10H2,1H3. The number of nitrogens with zero attached hydrogens (tertiary/aromatic N) is 1. The lowest BCUT2D eigenvalue weighted by Gasteiger charge is -2.29. The lowest BCUT2D eigenvalue weighted by Crippen LogP contribution is -2.29. The Bertz CT molecular complexity index is 519. The molecule has 0 amide bonds. The molecule has 0 saturated carbocycles. The van der Waals surface area contributed by atoms with Crippen molar-refractivity contribution in [3.05, 3.63) is 51.7 Å². The topological polar surface area (TPSA) is 15.3 Å². The fourth-order valence-corrected chi connectivity index (χ4v) is 3.71. The van der Waals surface area contributed by atoms with Crippen molar-refractivity contribution in [3.8, 4) is 0 Å². The van der Waals surface area contributed by atoms with Crippen LogP contribution in [0, 0.1) is 0 Å². The average Bonchev–Trinajstić information content (AvgIpc) is 2.83. The van der Waals surface area contributed by atoms with Gasteiger partial charge >= 0.3 is 0 Å². The summed E-state index contributed by atoms with van der Waals surface area (Å²) in [7, 11) is 2.02. The molecule has 1 N–H and O–H groups in total. The van der Waals surface area contributed by atoms with Crippen molar-refractivity contribution in [2.24, 2.45) is 0 Å². The van der Waals surface area contributed by atoms with Crippen LogP contribution in [0.15, 0.2) is 35.7 Å². The zero-order valence-corrected chi connectivity index (χ0v) is 11.5. The molecule has 0 aliphatic carbocycles. The van der Waals surface area contributed by atoms with Crippen molar-refractivity contribution in [2.75, 3.05) is 18.5 Å². The number of hydrogen-bond donors (Lipinski definition) is 1. The smallest absolute Gasteiger partial charge is 0.0525 e. The van der Waals surface area contributed by atoms with E-state index in [0.29, 0.717) is 0 Å². The van der Waals surface area contributed by atoms with Gasteiger partial charge in [0.25, 0.3) is 0 Å². The molecule has 94 valence electrons. The Labute approximate surface area is 112 Å². The van der Waals surface area contributed by atoms with Crippen LogP contribution in [0.4, 0.5) is 5.69 Å². The summed E-state index contributed by atoms with van der Waals surface area (Å²) in [6, 6.07) is 10.7. The normalized spacial score (nSPS) is 14.6. The van der Waals surface area contributed by atoms with Gasteiger partial charge in [0.2, 0.25) is 0 Å². The first kappa shape index (κ1) is 11.8. The summed E-state index contributed by atoms with van der Waals surface area (Å²) in [6.07, 6.45) is 1.17. The Balaban J connectivity index is 1.82. The van der Waals surface area contributed by atoms with Crippen LogP contribution in [0.2, 0.25) is 0 Å². The van der Waals surface area contributed by atoms with E-state index < -0.39 is 0 Å². The number of anilines is 1. The predicted octanol–water partition coefficient (Wildman–Crippen LogP) is 3.03. The van der Waals surface area contributed by atoms with E-state index in [9.17, 15) is 0 Å². The van der Waals surface area contributed by atoms with Gasteiger partial charge in [0, 0.05) is 23.7 Å². The van der Waals surface area contributed by atoms with Crippen LogP contribution in [-0.4, -0.2) is 13.6 Å². The van der Waals surface area contributed by atoms with Gasteiger partial charge in [-0.2, -0.15) is 0 Å². The molecule has 0 radical (unpaired) electrons. The molecule has 0 bridgehead atoms. The van der Waals surface area contributed by atoms with Gasteiger partial charge in [-0.15, -0.1) is 11.3 Å². The van der Waals surface area contributed by atoms with E-state index in [0.717, 1.165) is 19.6 Å². The minimum atomic E-state index is 0.997. The Morgan fingerprint density at radius 2 is 2.11 bits per heavy atom. The molecule has 0 saturated heterocycles. The van der Waals surface area contributed by atoms with Gasteiger partial charge < -0.3 is 10.2 Å². The molecule has 1 aliphatic rings. The molecule has 0 unspecified atom stereocenters. The molecule has 0 atom stereocenters. The molecule has 1 aromatic carbocycles. The zero-order valence-electron chi connectivity index (χ0n) is 10.6. The maximum Gasteiger partial charge on any atom is 0.0525 e. The van der Waals surface area contributed by atoms with Crippen molar-refractivity contribution in [1.82, 2.24) is 5.32 Å². The molecule has 2 heterocycles. The van der Waals surface area contributed by atoms with E-state index >= 15 is 0 Å². The largest absolute Gasteiger partial charge is 0.366 e. The molecule has 1 aliphatic heterocycles. The second kappa shape index (κ2) is 5.12. The second-order valence-corrected chi connectivity index (χ2v) is 5.66. The first-order chi connectivity index (χ1) is 8.88. The Morgan fingerprint density at radius 3 is 2.89 bits per heavy atom. The van der Waals surface area contributed by atoms with E-state index in [1.807, 2.05) is 18.4 Å². The van der Waals surface area contributed by atoms with Gasteiger partial charge in [0.1, 0.15) is 0 Å². The summed E-state index contributed by atoms with van der Waals surface area (Å²) in [4.78, 5) is 4.01. The number of fused-ring (bicyclic) bond motifs is 1. The van der Waals surface area contributed by atoms with Gasteiger partial charge in [-0.25, -0.2) is 0 Å². The van der Waals surface area contributed by atoms with Crippen LogP contribution in [0.5, 0.6) is 0 Å². The Kier molecular flexibility index (Phi) is 3.35. The SMILES string of the molecule is CNCc1csc2c1CCN(c1ccccc1)C2. The fourth-order valence-electron chi connectivity index (χ4n) is 2.59. The maximum atomic E-state index is 3.26. The molecule has 2 nitrogen and oxygen atoms in total. The van der Waals surface area contributed by atoms with Crippen molar-refractivity contribution < 1.29 is 0 Å². The third-order valence-electron chi connectivity index (χ3n) is 3.52. The number of benzene rings is 1. The molecule has 18 heavy (non-hydrogen) atoms. The number of nitrogens with one attached hydrogen (secondary N) is 1. The predicted molar refractivity (Wildman–Crippen MR) is 78.3 cm³/mol. The minimum absolute atomic E-state index is 0.997. The van der Waals surface area contributed by atoms with Crippen LogP contribution >= 0.6 is 11.3 Å². The molecular formula is C15H18N2S. The summed E-state index contributed by atoms with van der Waals surface area (Å²) < 4.78 is 0.